The predicted octanol–water partition coefficient (Wildman–Crippen LogP) is 2.11. The van der Waals surface area contributed by atoms with Gasteiger partial charge in [-0.05, 0) is 51.2 Å². The standard InChI is InChI=1S/C12H26N2/c1-3-8-14(9-4-2)10-7-13-11-12-5-6-12/h12-13H,3-11H2,1-2H3. The molecule has 0 spiro atoms. The molecule has 0 atom stereocenters. The van der Waals surface area contributed by atoms with Crippen LogP contribution in [0, 0.1) is 5.92 Å². The molecular weight excluding hydrogens is 172 g/mol. The van der Waals surface area contributed by atoms with Gasteiger partial charge in [-0.1, -0.05) is 13.8 Å². The minimum atomic E-state index is 1.01. The van der Waals surface area contributed by atoms with E-state index in [4.69, 9.17) is 0 Å². The van der Waals surface area contributed by atoms with Crippen LogP contribution in [0.3, 0.4) is 0 Å². The second-order valence-corrected chi connectivity index (χ2v) is 4.49. The summed E-state index contributed by atoms with van der Waals surface area (Å²) in [4.78, 5) is 2.57. The molecule has 0 unspecified atom stereocenters. The molecule has 0 amide bonds. The van der Waals surface area contributed by atoms with E-state index in [1.807, 2.05) is 0 Å². The van der Waals surface area contributed by atoms with Crippen LogP contribution in [0.4, 0.5) is 0 Å². The van der Waals surface area contributed by atoms with Crippen LogP contribution in [0.2, 0.25) is 0 Å². The molecule has 2 heteroatoms. The minimum absolute atomic E-state index is 1.01. The summed E-state index contributed by atoms with van der Waals surface area (Å²) in [6.45, 7) is 10.7. The number of nitrogens with one attached hydrogen (secondary N) is 1. The van der Waals surface area contributed by atoms with Crippen molar-refractivity contribution in [2.24, 2.45) is 5.92 Å². The van der Waals surface area contributed by atoms with E-state index in [-0.39, 0.29) is 0 Å². The maximum absolute atomic E-state index is 3.55. The van der Waals surface area contributed by atoms with Crippen molar-refractivity contribution in [3.8, 4) is 0 Å². The Bertz CT molecular complexity index is 126. The third-order valence-electron chi connectivity index (χ3n) is 2.81. The Balaban J connectivity index is 1.93. The van der Waals surface area contributed by atoms with Crippen molar-refractivity contribution in [3.63, 3.8) is 0 Å². The molecule has 0 aliphatic heterocycles. The Morgan fingerprint density at radius 3 is 2.21 bits per heavy atom. The van der Waals surface area contributed by atoms with Gasteiger partial charge in [-0.25, -0.2) is 0 Å². The topological polar surface area (TPSA) is 15.3 Å². The van der Waals surface area contributed by atoms with Gasteiger partial charge in [-0.15, -0.1) is 0 Å². The lowest BCUT2D eigenvalue weighted by atomic mass is 10.3. The van der Waals surface area contributed by atoms with Crippen molar-refractivity contribution in [1.82, 2.24) is 10.2 Å². The van der Waals surface area contributed by atoms with Crippen LogP contribution in [-0.4, -0.2) is 37.6 Å². The molecule has 0 saturated heterocycles. The maximum atomic E-state index is 3.55. The van der Waals surface area contributed by atoms with Crippen molar-refractivity contribution in [3.05, 3.63) is 0 Å². The number of hydrogen-bond donors (Lipinski definition) is 1. The van der Waals surface area contributed by atoms with Gasteiger partial charge in [0.2, 0.25) is 0 Å². The SMILES string of the molecule is CCCN(CCC)CCNCC1CC1. The van der Waals surface area contributed by atoms with Gasteiger partial charge in [0, 0.05) is 13.1 Å². The zero-order chi connectivity index (χ0) is 10.2. The molecule has 14 heavy (non-hydrogen) atoms. The lowest BCUT2D eigenvalue weighted by Crippen LogP contribution is -2.34. The van der Waals surface area contributed by atoms with Crippen LogP contribution < -0.4 is 5.32 Å². The van der Waals surface area contributed by atoms with E-state index in [0.717, 1.165) is 5.92 Å². The highest BCUT2D eigenvalue weighted by atomic mass is 15.1. The molecule has 84 valence electrons. The Kier molecular flexibility index (Phi) is 6.20. The highest BCUT2D eigenvalue weighted by molar-refractivity contribution is 4.75. The van der Waals surface area contributed by atoms with Crippen molar-refractivity contribution >= 4 is 0 Å². The number of nitrogens with zero attached hydrogens (tertiary/aromatic N) is 1. The van der Waals surface area contributed by atoms with Crippen LogP contribution in [0.5, 0.6) is 0 Å². The first-order chi connectivity index (χ1) is 6.86. The Hall–Kier alpha value is -0.0800. The molecule has 2 nitrogen and oxygen atoms in total. The second kappa shape index (κ2) is 7.24. The Morgan fingerprint density at radius 1 is 1.07 bits per heavy atom. The highest BCUT2D eigenvalue weighted by Gasteiger charge is 2.19. The Labute approximate surface area is 89.1 Å². The monoisotopic (exact) mass is 198 g/mol. The third-order valence-corrected chi connectivity index (χ3v) is 2.81. The fourth-order valence-corrected chi connectivity index (χ4v) is 1.83. The summed E-state index contributed by atoms with van der Waals surface area (Å²) in [5.74, 6) is 1.01. The van der Waals surface area contributed by atoms with Crippen molar-refractivity contribution < 1.29 is 0 Å². The lowest BCUT2D eigenvalue weighted by Gasteiger charge is -2.20. The van der Waals surface area contributed by atoms with E-state index in [9.17, 15) is 0 Å². The van der Waals surface area contributed by atoms with Crippen LogP contribution in [-0.2, 0) is 0 Å². The molecule has 0 heterocycles. The van der Waals surface area contributed by atoms with E-state index in [0.29, 0.717) is 0 Å². The second-order valence-electron chi connectivity index (χ2n) is 4.49. The zero-order valence-electron chi connectivity index (χ0n) is 9.89. The average Bonchev–Trinajstić information content (AvgIpc) is 2.96. The van der Waals surface area contributed by atoms with Gasteiger partial charge in [0.25, 0.3) is 0 Å². The molecule has 1 aliphatic carbocycles. The van der Waals surface area contributed by atoms with E-state index >= 15 is 0 Å². The van der Waals surface area contributed by atoms with Crippen molar-refractivity contribution in [2.75, 3.05) is 32.7 Å². The van der Waals surface area contributed by atoms with E-state index in [1.165, 1.54) is 58.4 Å². The lowest BCUT2D eigenvalue weighted by molar-refractivity contribution is 0.274. The van der Waals surface area contributed by atoms with Crippen molar-refractivity contribution in [2.45, 2.75) is 39.5 Å². The van der Waals surface area contributed by atoms with E-state index < -0.39 is 0 Å². The molecule has 1 saturated carbocycles. The summed E-state index contributed by atoms with van der Waals surface area (Å²) in [6, 6.07) is 0. The average molecular weight is 198 g/mol. The molecule has 1 fully saturated rings. The van der Waals surface area contributed by atoms with Crippen LogP contribution >= 0.6 is 0 Å². The molecule has 1 N–H and O–H groups in total. The highest BCUT2D eigenvalue weighted by Crippen LogP contribution is 2.27. The minimum Gasteiger partial charge on any atom is -0.315 e. The van der Waals surface area contributed by atoms with Crippen LogP contribution in [0.25, 0.3) is 0 Å². The van der Waals surface area contributed by atoms with Gasteiger partial charge in [-0.3, -0.25) is 0 Å². The van der Waals surface area contributed by atoms with Crippen LogP contribution in [0.15, 0.2) is 0 Å². The normalized spacial score (nSPS) is 16.5. The maximum Gasteiger partial charge on any atom is 0.0107 e. The van der Waals surface area contributed by atoms with Gasteiger partial charge in [0.1, 0.15) is 0 Å². The number of hydrogen-bond acceptors (Lipinski definition) is 2. The molecule has 1 aliphatic rings. The number of rotatable bonds is 9. The first kappa shape index (κ1) is 12.0. The molecule has 1 rings (SSSR count). The summed E-state index contributed by atoms with van der Waals surface area (Å²) < 4.78 is 0. The van der Waals surface area contributed by atoms with Gasteiger partial charge in [0.15, 0.2) is 0 Å². The molecule has 0 bridgehead atoms. The first-order valence-corrected chi connectivity index (χ1v) is 6.29. The molecule has 0 aromatic heterocycles. The molecule has 0 aromatic rings. The summed E-state index contributed by atoms with van der Waals surface area (Å²) in [5.41, 5.74) is 0. The summed E-state index contributed by atoms with van der Waals surface area (Å²) in [5, 5.41) is 3.55. The van der Waals surface area contributed by atoms with Crippen molar-refractivity contribution in [1.29, 1.82) is 0 Å². The van der Waals surface area contributed by atoms with E-state index in [1.54, 1.807) is 0 Å². The summed E-state index contributed by atoms with van der Waals surface area (Å²) in [7, 11) is 0. The van der Waals surface area contributed by atoms with Gasteiger partial charge < -0.3 is 10.2 Å². The third kappa shape index (κ3) is 5.61. The molecular formula is C12H26N2. The molecule has 0 aromatic carbocycles. The van der Waals surface area contributed by atoms with Gasteiger partial charge >= 0.3 is 0 Å². The summed E-state index contributed by atoms with van der Waals surface area (Å²) in [6.07, 6.45) is 5.48. The first-order valence-electron chi connectivity index (χ1n) is 6.29. The van der Waals surface area contributed by atoms with Gasteiger partial charge in [0.05, 0.1) is 0 Å². The predicted molar refractivity (Wildman–Crippen MR) is 62.6 cm³/mol. The van der Waals surface area contributed by atoms with Crippen LogP contribution in [0.1, 0.15) is 39.5 Å². The van der Waals surface area contributed by atoms with Gasteiger partial charge in [-0.2, -0.15) is 0 Å². The zero-order valence-corrected chi connectivity index (χ0v) is 9.89. The largest absolute Gasteiger partial charge is 0.315 e. The quantitative estimate of drug-likeness (QED) is 0.571. The summed E-state index contributed by atoms with van der Waals surface area (Å²) >= 11 is 0. The molecule has 0 radical (unpaired) electrons. The van der Waals surface area contributed by atoms with E-state index in [2.05, 4.69) is 24.1 Å². The Morgan fingerprint density at radius 2 is 1.71 bits per heavy atom. The fraction of sp³-hybridized carbons (Fsp3) is 1.00. The fourth-order valence-electron chi connectivity index (χ4n) is 1.83. The smallest absolute Gasteiger partial charge is 0.0107 e.